The molecule has 1 amide bonds. The summed E-state index contributed by atoms with van der Waals surface area (Å²) >= 11 is 0. The van der Waals surface area contributed by atoms with E-state index in [1.807, 2.05) is 0 Å². The Hall–Kier alpha value is -0.570. The summed E-state index contributed by atoms with van der Waals surface area (Å²) in [4.78, 5) is 13.5. The quantitative estimate of drug-likeness (QED) is 0.654. The Kier molecular flexibility index (Phi) is 2.54. The molecule has 0 aromatic rings. The number of hydrogen-bond acceptors (Lipinski definition) is 2. The van der Waals surface area contributed by atoms with Crippen LogP contribution in [0.3, 0.4) is 0 Å². The zero-order valence-electron chi connectivity index (χ0n) is 8.04. The van der Waals surface area contributed by atoms with Gasteiger partial charge in [0, 0.05) is 25.0 Å². The summed E-state index contributed by atoms with van der Waals surface area (Å²) in [6, 6.07) is 0.783. The number of nitrogens with two attached hydrogens (primary N) is 1. The summed E-state index contributed by atoms with van der Waals surface area (Å²) in [6.07, 6.45) is 6.32. The average molecular weight is 182 g/mol. The number of amides is 1. The topological polar surface area (TPSA) is 46.3 Å². The summed E-state index contributed by atoms with van der Waals surface area (Å²) in [5, 5.41) is 0. The first-order valence-corrected chi connectivity index (χ1v) is 5.32. The summed E-state index contributed by atoms with van der Waals surface area (Å²) < 4.78 is 0. The molecule has 3 heteroatoms. The van der Waals surface area contributed by atoms with E-state index < -0.39 is 0 Å². The van der Waals surface area contributed by atoms with Crippen LogP contribution in [0.2, 0.25) is 0 Å². The molecule has 2 atom stereocenters. The van der Waals surface area contributed by atoms with E-state index in [1.54, 1.807) is 0 Å². The highest BCUT2D eigenvalue weighted by molar-refractivity contribution is 5.78. The number of hydrogen-bond donors (Lipinski definition) is 1. The fraction of sp³-hybridized carbons (Fsp3) is 0.900. The molecule has 3 nitrogen and oxygen atoms in total. The van der Waals surface area contributed by atoms with Crippen molar-refractivity contribution in [3.8, 4) is 0 Å². The van der Waals surface area contributed by atoms with Gasteiger partial charge in [0.1, 0.15) is 0 Å². The van der Waals surface area contributed by atoms with Crippen molar-refractivity contribution < 1.29 is 4.79 Å². The zero-order valence-corrected chi connectivity index (χ0v) is 8.04. The van der Waals surface area contributed by atoms with Gasteiger partial charge in [-0.25, -0.2) is 0 Å². The highest BCUT2D eigenvalue weighted by Gasteiger charge is 2.30. The molecule has 13 heavy (non-hydrogen) atoms. The minimum Gasteiger partial charge on any atom is -0.340 e. The molecule has 0 aromatic heterocycles. The number of nitrogens with zero attached hydrogens (tertiary/aromatic N) is 1. The van der Waals surface area contributed by atoms with Crippen molar-refractivity contribution in [2.24, 2.45) is 5.73 Å². The summed E-state index contributed by atoms with van der Waals surface area (Å²) in [5.74, 6) is 0.346. The van der Waals surface area contributed by atoms with Crippen LogP contribution in [-0.2, 0) is 4.79 Å². The number of carbonyl (C=O) groups excluding carboxylic acids is 1. The van der Waals surface area contributed by atoms with Crippen LogP contribution in [-0.4, -0.2) is 29.4 Å². The second-order valence-electron chi connectivity index (χ2n) is 4.27. The van der Waals surface area contributed by atoms with E-state index >= 15 is 0 Å². The van der Waals surface area contributed by atoms with E-state index in [0.29, 0.717) is 18.0 Å². The second kappa shape index (κ2) is 3.66. The molecule has 2 fully saturated rings. The van der Waals surface area contributed by atoms with Crippen LogP contribution < -0.4 is 5.73 Å². The molecule has 0 radical (unpaired) electrons. The van der Waals surface area contributed by atoms with Crippen LogP contribution in [0, 0.1) is 0 Å². The Morgan fingerprint density at radius 1 is 1.31 bits per heavy atom. The summed E-state index contributed by atoms with van der Waals surface area (Å²) in [7, 11) is 0. The second-order valence-corrected chi connectivity index (χ2v) is 4.27. The van der Waals surface area contributed by atoms with Crippen LogP contribution in [0.1, 0.15) is 38.5 Å². The molecule has 1 heterocycles. The van der Waals surface area contributed by atoms with Crippen molar-refractivity contribution in [1.82, 2.24) is 4.90 Å². The normalized spacial score (nSPS) is 35.5. The Morgan fingerprint density at radius 3 is 2.77 bits per heavy atom. The third-order valence-corrected chi connectivity index (χ3v) is 3.24. The smallest absolute Gasteiger partial charge is 0.222 e. The maximum Gasteiger partial charge on any atom is 0.222 e. The van der Waals surface area contributed by atoms with Crippen LogP contribution in [0.4, 0.5) is 0 Å². The average Bonchev–Trinajstić information content (AvgIpc) is 2.51. The zero-order chi connectivity index (χ0) is 9.26. The Bertz CT molecular complexity index is 205. The standard InChI is InChI=1S/C10H18N2O/c11-8-3-1-4-9(7-8)12-6-2-5-10(12)13/h8-9H,1-7,11H2. The van der Waals surface area contributed by atoms with Crippen LogP contribution in [0.5, 0.6) is 0 Å². The lowest BCUT2D eigenvalue weighted by Crippen LogP contribution is -2.43. The molecule has 1 saturated carbocycles. The number of carbonyl (C=O) groups is 1. The number of rotatable bonds is 1. The molecule has 0 spiro atoms. The lowest BCUT2D eigenvalue weighted by Gasteiger charge is -2.33. The fourth-order valence-electron chi connectivity index (χ4n) is 2.54. The van der Waals surface area contributed by atoms with Gasteiger partial charge in [-0.1, -0.05) is 0 Å². The van der Waals surface area contributed by atoms with Gasteiger partial charge in [0.05, 0.1) is 0 Å². The molecule has 74 valence electrons. The molecule has 2 N–H and O–H groups in total. The third-order valence-electron chi connectivity index (χ3n) is 3.24. The maximum absolute atomic E-state index is 11.5. The van der Waals surface area contributed by atoms with Crippen molar-refractivity contribution in [3.05, 3.63) is 0 Å². The van der Waals surface area contributed by atoms with E-state index in [0.717, 1.165) is 32.2 Å². The van der Waals surface area contributed by atoms with E-state index in [1.165, 1.54) is 12.8 Å². The van der Waals surface area contributed by atoms with E-state index in [4.69, 9.17) is 5.73 Å². The molecule has 1 aliphatic heterocycles. The lowest BCUT2D eigenvalue weighted by molar-refractivity contribution is -0.130. The van der Waals surface area contributed by atoms with Crippen molar-refractivity contribution in [1.29, 1.82) is 0 Å². The first-order chi connectivity index (χ1) is 6.27. The predicted octanol–water partition coefficient (Wildman–Crippen LogP) is 0.879. The largest absolute Gasteiger partial charge is 0.340 e. The van der Waals surface area contributed by atoms with Crippen LogP contribution in [0.15, 0.2) is 0 Å². The van der Waals surface area contributed by atoms with Crippen molar-refractivity contribution >= 4 is 5.91 Å². The van der Waals surface area contributed by atoms with Crippen LogP contribution in [0.25, 0.3) is 0 Å². The van der Waals surface area contributed by atoms with Gasteiger partial charge in [-0.05, 0) is 32.1 Å². The molecular formula is C10H18N2O. The predicted molar refractivity (Wildman–Crippen MR) is 51.2 cm³/mol. The minimum atomic E-state index is 0.326. The van der Waals surface area contributed by atoms with Gasteiger partial charge >= 0.3 is 0 Å². The first-order valence-electron chi connectivity index (χ1n) is 5.32. The summed E-state index contributed by atoms with van der Waals surface area (Å²) in [6.45, 7) is 0.968. The molecule has 0 bridgehead atoms. The molecule has 2 unspecified atom stereocenters. The Labute approximate surface area is 79.3 Å². The van der Waals surface area contributed by atoms with Gasteiger partial charge in [0.2, 0.25) is 5.91 Å². The SMILES string of the molecule is NC1CCCC(N2CCCC2=O)C1. The summed E-state index contributed by atoms with van der Waals surface area (Å²) in [5.41, 5.74) is 5.90. The molecule has 0 aromatic carbocycles. The van der Waals surface area contributed by atoms with Crippen molar-refractivity contribution in [2.75, 3.05) is 6.54 Å². The van der Waals surface area contributed by atoms with Crippen molar-refractivity contribution in [2.45, 2.75) is 50.6 Å². The van der Waals surface area contributed by atoms with Gasteiger partial charge < -0.3 is 10.6 Å². The van der Waals surface area contributed by atoms with Crippen LogP contribution >= 0.6 is 0 Å². The molecule has 1 aliphatic carbocycles. The van der Waals surface area contributed by atoms with Gasteiger partial charge in [0.15, 0.2) is 0 Å². The molecule has 2 aliphatic rings. The Morgan fingerprint density at radius 2 is 2.15 bits per heavy atom. The van der Waals surface area contributed by atoms with E-state index in [-0.39, 0.29) is 0 Å². The van der Waals surface area contributed by atoms with Gasteiger partial charge in [-0.15, -0.1) is 0 Å². The monoisotopic (exact) mass is 182 g/mol. The minimum absolute atomic E-state index is 0.326. The molecular weight excluding hydrogens is 164 g/mol. The number of likely N-dealkylation sites (tertiary alicyclic amines) is 1. The van der Waals surface area contributed by atoms with E-state index in [9.17, 15) is 4.79 Å². The first kappa shape index (κ1) is 9.00. The van der Waals surface area contributed by atoms with E-state index in [2.05, 4.69) is 4.90 Å². The highest BCUT2D eigenvalue weighted by atomic mass is 16.2. The third kappa shape index (κ3) is 1.85. The molecule has 2 rings (SSSR count). The fourth-order valence-corrected chi connectivity index (χ4v) is 2.54. The van der Waals surface area contributed by atoms with Gasteiger partial charge in [0.25, 0.3) is 0 Å². The molecule has 1 saturated heterocycles. The Balaban J connectivity index is 1.95. The maximum atomic E-state index is 11.5. The highest BCUT2D eigenvalue weighted by Crippen LogP contribution is 2.25. The van der Waals surface area contributed by atoms with Gasteiger partial charge in [-0.3, -0.25) is 4.79 Å². The lowest BCUT2D eigenvalue weighted by atomic mass is 9.91. The van der Waals surface area contributed by atoms with Crippen molar-refractivity contribution in [3.63, 3.8) is 0 Å². The van der Waals surface area contributed by atoms with Gasteiger partial charge in [-0.2, -0.15) is 0 Å².